The fourth-order valence-electron chi connectivity index (χ4n) is 2.99. The number of hydrogen-bond acceptors (Lipinski definition) is 3. The first kappa shape index (κ1) is 15.5. The molecule has 3 rings (SSSR count). The first-order chi connectivity index (χ1) is 11.2. The molecule has 0 spiro atoms. The van der Waals surface area contributed by atoms with Gasteiger partial charge in [0.15, 0.2) is 0 Å². The van der Waals surface area contributed by atoms with E-state index in [1.54, 1.807) is 23.7 Å². The van der Waals surface area contributed by atoms with Crippen LogP contribution >= 0.6 is 0 Å². The van der Waals surface area contributed by atoms with E-state index in [0.29, 0.717) is 12.1 Å². The maximum Gasteiger partial charge on any atom is 0.274 e. The van der Waals surface area contributed by atoms with Crippen LogP contribution in [-0.2, 0) is 13.0 Å². The Morgan fingerprint density at radius 2 is 1.96 bits per heavy atom. The SMILES string of the molecule is O=C(NO)c1ccc(CN2CCCCc3ccc(F)cc32)cc1. The molecule has 5 heteroatoms. The third-order valence-electron chi connectivity index (χ3n) is 4.20. The van der Waals surface area contributed by atoms with Crippen molar-refractivity contribution >= 4 is 11.6 Å². The summed E-state index contributed by atoms with van der Waals surface area (Å²) in [4.78, 5) is 13.5. The average Bonchev–Trinajstić information content (AvgIpc) is 2.77. The van der Waals surface area contributed by atoms with Gasteiger partial charge in [0.1, 0.15) is 5.82 Å². The van der Waals surface area contributed by atoms with Crippen molar-refractivity contribution in [2.45, 2.75) is 25.8 Å². The number of amides is 1. The van der Waals surface area contributed by atoms with Crippen LogP contribution in [0.2, 0.25) is 0 Å². The molecule has 0 aliphatic carbocycles. The van der Waals surface area contributed by atoms with Gasteiger partial charge in [-0.15, -0.1) is 0 Å². The number of nitrogens with zero attached hydrogens (tertiary/aromatic N) is 1. The van der Waals surface area contributed by atoms with Crippen molar-refractivity contribution in [3.05, 3.63) is 65.0 Å². The fraction of sp³-hybridized carbons (Fsp3) is 0.278. The standard InChI is InChI=1S/C18H19FN2O2/c19-16-9-8-14-3-1-2-10-21(17(14)11-16)12-13-4-6-15(7-5-13)18(22)20-23/h4-9,11,23H,1-3,10,12H2,(H,20,22). The second-order valence-corrected chi connectivity index (χ2v) is 5.79. The van der Waals surface area contributed by atoms with Gasteiger partial charge in [-0.05, 0) is 54.7 Å². The number of rotatable bonds is 3. The first-order valence-corrected chi connectivity index (χ1v) is 7.74. The summed E-state index contributed by atoms with van der Waals surface area (Å²) in [6, 6.07) is 12.1. The van der Waals surface area contributed by atoms with Crippen molar-refractivity contribution in [3.8, 4) is 0 Å². The minimum Gasteiger partial charge on any atom is -0.367 e. The van der Waals surface area contributed by atoms with Crippen LogP contribution in [0.3, 0.4) is 0 Å². The lowest BCUT2D eigenvalue weighted by Gasteiger charge is -2.25. The van der Waals surface area contributed by atoms with E-state index in [1.165, 1.54) is 11.6 Å². The number of carbonyl (C=O) groups is 1. The van der Waals surface area contributed by atoms with E-state index in [9.17, 15) is 9.18 Å². The summed E-state index contributed by atoms with van der Waals surface area (Å²) < 4.78 is 13.6. The molecule has 4 nitrogen and oxygen atoms in total. The second-order valence-electron chi connectivity index (χ2n) is 5.79. The highest BCUT2D eigenvalue weighted by Crippen LogP contribution is 2.28. The van der Waals surface area contributed by atoms with Crippen molar-refractivity contribution in [3.63, 3.8) is 0 Å². The molecule has 1 aliphatic heterocycles. The van der Waals surface area contributed by atoms with E-state index in [-0.39, 0.29) is 5.82 Å². The van der Waals surface area contributed by atoms with Crippen LogP contribution in [0.5, 0.6) is 0 Å². The van der Waals surface area contributed by atoms with Gasteiger partial charge in [-0.2, -0.15) is 0 Å². The zero-order chi connectivity index (χ0) is 16.2. The number of nitrogens with one attached hydrogen (secondary N) is 1. The Bertz CT molecular complexity index is 701. The zero-order valence-electron chi connectivity index (χ0n) is 12.8. The van der Waals surface area contributed by atoms with Gasteiger partial charge >= 0.3 is 0 Å². The third kappa shape index (κ3) is 3.51. The number of aryl methyl sites for hydroxylation is 1. The Kier molecular flexibility index (Phi) is 4.57. The third-order valence-corrected chi connectivity index (χ3v) is 4.20. The quantitative estimate of drug-likeness (QED) is 0.675. The summed E-state index contributed by atoms with van der Waals surface area (Å²) in [7, 11) is 0. The maximum absolute atomic E-state index is 13.6. The summed E-state index contributed by atoms with van der Waals surface area (Å²) in [5, 5.41) is 8.64. The fourth-order valence-corrected chi connectivity index (χ4v) is 2.99. The number of fused-ring (bicyclic) bond motifs is 1. The summed E-state index contributed by atoms with van der Waals surface area (Å²) in [6.45, 7) is 1.55. The summed E-state index contributed by atoms with van der Waals surface area (Å²) >= 11 is 0. The lowest BCUT2D eigenvalue weighted by Crippen LogP contribution is -2.24. The predicted octanol–water partition coefficient (Wildman–Crippen LogP) is 3.29. The molecule has 0 unspecified atom stereocenters. The molecular weight excluding hydrogens is 295 g/mol. The van der Waals surface area contributed by atoms with Gasteiger partial charge in [0.25, 0.3) is 5.91 Å². The van der Waals surface area contributed by atoms with Gasteiger partial charge in [-0.1, -0.05) is 18.2 Å². The number of benzene rings is 2. The Balaban J connectivity index is 1.82. The van der Waals surface area contributed by atoms with Crippen molar-refractivity contribution < 1.29 is 14.4 Å². The van der Waals surface area contributed by atoms with Crippen LogP contribution in [0, 0.1) is 5.82 Å². The molecule has 1 aliphatic rings. The molecule has 23 heavy (non-hydrogen) atoms. The van der Waals surface area contributed by atoms with Crippen molar-refractivity contribution in [2.75, 3.05) is 11.4 Å². The van der Waals surface area contributed by atoms with Crippen molar-refractivity contribution in [1.82, 2.24) is 5.48 Å². The highest BCUT2D eigenvalue weighted by atomic mass is 19.1. The predicted molar refractivity (Wildman–Crippen MR) is 86.1 cm³/mol. The molecule has 120 valence electrons. The molecule has 1 heterocycles. The lowest BCUT2D eigenvalue weighted by molar-refractivity contribution is 0.0706. The summed E-state index contributed by atoms with van der Waals surface area (Å²) in [5.74, 6) is -0.746. The van der Waals surface area contributed by atoms with Crippen molar-refractivity contribution in [1.29, 1.82) is 0 Å². The highest BCUT2D eigenvalue weighted by molar-refractivity contribution is 5.93. The van der Waals surface area contributed by atoms with Crippen LogP contribution in [-0.4, -0.2) is 17.7 Å². The van der Waals surface area contributed by atoms with Crippen LogP contribution in [0.25, 0.3) is 0 Å². The average molecular weight is 314 g/mol. The summed E-state index contributed by atoms with van der Waals surface area (Å²) in [5.41, 5.74) is 5.20. The molecule has 2 aromatic carbocycles. The maximum atomic E-state index is 13.6. The van der Waals surface area contributed by atoms with Crippen LogP contribution in [0.4, 0.5) is 10.1 Å². The van der Waals surface area contributed by atoms with E-state index >= 15 is 0 Å². The van der Waals surface area contributed by atoms with Gasteiger partial charge in [-0.25, -0.2) is 9.87 Å². The molecule has 0 radical (unpaired) electrons. The zero-order valence-corrected chi connectivity index (χ0v) is 12.8. The smallest absolute Gasteiger partial charge is 0.274 e. The molecular formula is C18H19FN2O2. The largest absolute Gasteiger partial charge is 0.367 e. The normalized spacial score (nSPS) is 14.1. The van der Waals surface area contributed by atoms with Gasteiger partial charge in [0, 0.05) is 24.3 Å². The van der Waals surface area contributed by atoms with E-state index < -0.39 is 5.91 Å². The van der Waals surface area contributed by atoms with Crippen LogP contribution < -0.4 is 10.4 Å². The summed E-state index contributed by atoms with van der Waals surface area (Å²) in [6.07, 6.45) is 3.15. The molecule has 0 bridgehead atoms. The van der Waals surface area contributed by atoms with Crippen LogP contribution in [0.15, 0.2) is 42.5 Å². The Labute approximate surface area is 134 Å². The van der Waals surface area contributed by atoms with E-state index in [2.05, 4.69) is 4.90 Å². The number of anilines is 1. The van der Waals surface area contributed by atoms with Crippen molar-refractivity contribution in [2.24, 2.45) is 0 Å². The molecule has 0 fully saturated rings. The van der Waals surface area contributed by atoms with Crippen LogP contribution in [0.1, 0.15) is 34.3 Å². The molecule has 0 aromatic heterocycles. The van der Waals surface area contributed by atoms with E-state index in [0.717, 1.165) is 37.1 Å². The highest BCUT2D eigenvalue weighted by Gasteiger charge is 2.16. The molecule has 0 saturated heterocycles. The van der Waals surface area contributed by atoms with Gasteiger partial charge in [0.05, 0.1) is 0 Å². The molecule has 2 aromatic rings. The number of hydroxylamine groups is 1. The van der Waals surface area contributed by atoms with E-state index in [4.69, 9.17) is 5.21 Å². The lowest BCUT2D eigenvalue weighted by atomic mass is 10.1. The van der Waals surface area contributed by atoms with E-state index in [1.807, 2.05) is 18.2 Å². The van der Waals surface area contributed by atoms with Gasteiger partial charge < -0.3 is 4.90 Å². The Morgan fingerprint density at radius 3 is 2.70 bits per heavy atom. The number of hydrogen-bond donors (Lipinski definition) is 2. The Hall–Kier alpha value is -2.40. The topological polar surface area (TPSA) is 52.6 Å². The van der Waals surface area contributed by atoms with Gasteiger partial charge in [-0.3, -0.25) is 10.0 Å². The Morgan fingerprint density at radius 1 is 1.17 bits per heavy atom. The molecule has 0 saturated carbocycles. The monoisotopic (exact) mass is 314 g/mol. The first-order valence-electron chi connectivity index (χ1n) is 7.74. The minimum atomic E-state index is -0.529. The van der Waals surface area contributed by atoms with Gasteiger partial charge in [0.2, 0.25) is 0 Å². The molecule has 1 amide bonds. The molecule has 0 atom stereocenters. The number of carbonyl (C=O) groups excluding carboxylic acids is 1. The molecule has 2 N–H and O–H groups in total. The number of halogens is 1. The second kappa shape index (κ2) is 6.79. The minimum absolute atomic E-state index is 0.217.